The second kappa shape index (κ2) is 5.51. The normalized spacial score (nSPS) is 10.5. The minimum Gasteiger partial charge on any atom is -0.476 e. The number of carboxylic acids is 1. The predicted octanol–water partition coefficient (Wildman–Crippen LogP) is -0.487. The van der Waals surface area contributed by atoms with Crippen LogP contribution in [0.25, 0.3) is 11.3 Å². The molecule has 1 amide bonds. The Bertz CT molecular complexity index is 644. The van der Waals surface area contributed by atoms with Crippen molar-refractivity contribution >= 4 is 11.9 Å². The van der Waals surface area contributed by atoms with Crippen LogP contribution in [0.15, 0.2) is 12.4 Å². The third-order valence-electron chi connectivity index (χ3n) is 2.58. The molecule has 0 fully saturated rings. The lowest BCUT2D eigenvalue weighted by Gasteiger charge is -2.05. The fourth-order valence-electron chi connectivity index (χ4n) is 1.79. The quantitative estimate of drug-likeness (QED) is 0.762. The molecule has 20 heavy (non-hydrogen) atoms. The molecular formula is C11H14N6O3. The topological polar surface area (TPSA) is 115 Å². The highest BCUT2D eigenvalue weighted by Crippen LogP contribution is 2.21. The number of hydrogen-bond donors (Lipinski definition) is 2. The molecule has 0 saturated heterocycles. The average Bonchev–Trinajstić information content (AvgIpc) is 2.95. The molecular weight excluding hydrogens is 264 g/mol. The number of aromatic carboxylic acids is 1. The number of aromatic nitrogens is 5. The molecule has 2 aromatic rings. The Morgan fingerprint density at radius 3 is 2.75 bits per heavy atom. The van der Waals surface area contributed by atoms with Gasteiger partial charge in [0.15, 0.2) is 5.69 Å². The average molecular weight is 278 g/mol. The molecule has 106 valence electrons. The summed E-state index contributed by atoms with van der Waals surface area (Å²) in [5.41, 5.74) is 0.596. The second-order valence-corrected chi connectivity index (χ2v) is 4.11. The first-order valence-electron chi connectivity index (χ1n) is 5.95. The molecule has 9 nitrogen and oxygen atoms in total. The molecule has 0 aliphatic heterocycles. The maximum absolute atomic E-state index is 11.6. The van der Waals surface area contributed by atoms with E-state index in [1.54, 1.807) is 20.2 Å². The van der Waals surface area contributed by atoms with Crippen molar-refractivity contribution in [1.29, 1.82) is 0 Å². The first-order chi connectivity index (χ1) is 9.52. The van der Waals surface area contributed by atoms with Gasteiger partial charge in [0.25, 0.3) is 0 Å². The van der Waals surface area contributed by atoms with E-state index in [-0.39, 0.29) is 23.8 Å². The van der Waals surface area contributed by atoms with E-state index >= 15 is 0 Å². The van der Waals surface area contributed by atoms with Crippen LogP contribution in [0.4, 0.5) is 0 Å². The Hall–Kier alpha value is -2.71. The lowest BCUT2D eigenvalue weighted by molar-refractivity contribution is -0.121. The minimum atomic E-state index is -1.20. The van der Waals surface area contributed by atoms with Crippen LogP contribution >= 0.6 is 0 Å². The third kappa shape index (κ3) is 2.66. The van der Waals surface area contributed by atoms with E-state index in [0.717, 1.165) is 0 Å². The van der Waals surface area contributed by atoms with Crippen LogP contribution in [0.1, 0.15) is 17.4 Å². The number of carbonyl (C=O) groups excluding carboxylic acids is 1. The van der Waals surface area contributed by atoms with Gasteiger partial charge in [0, 0.05) is 25.4 Å². The number of likely N-dealkylation sites (N-methyl/N-ethyl adjacent to an activating group) is 1. The maximum atomic E-state index is 11.6. The zero-order chi connectivity index (χ0) is 14.7. The number of aryl methyl sites for hydroxylation is 1. The summed E-state index contributed by atoms with van der Waals surface area (Å²) in [6, 6.07) is 0. The lowest BCUT2D eigenvalue weighted by Crippen LogP contribution is -2.28. The summed E-state index contributed by atoms with van der Waals surface area (Å²) in [7, 11) is 1.71. The molecule has 0 aromatic carbocycles. The molecule has 0 saturated carbocycles. The fourth-order valence-corrected chi connectivity index (χ4v) is 1.79. The number of carbonyl (C=O) groups is 2. The number of carboxylic acid groups (broad SMARTS) is 1. The molecule has 0 unspecified atom stereocenters. The van der Waals surface area contributed by atoms with Crippen LogP contribution in [-0.2, 0) is 18.4 Å². The first kappa shape index (κ1) is 13.7. The van der Waals surface area contributed by atoms with Crippen molar-refractivity contribution in [3.05, 3.63) is 18.1 Å². The number of hydrogen-bond acceptors (Lipinski definition) is 5. The Labute approximate surface area is 114 Å². The van der Waals surface area contributed by atoms with Crippen molar-refractivity contribution in [2.75, 3.05) is 6.54 Å². The maximum Gasteiger partial charge on any atom is 0.358 e. The van der Waals surface area contributed by atoms with Gasteiger partial charge in [-0.1, -0.05) is 5.21 Å². The van der Waals surface area contributed by atoms with Crippen LogP contribution in [0, 0.1) is 0 Å². The summed E-state index contributed by atoms with van der Waals surface area (Å²) in [5.74, 6) is -1.47. The highest BCUT2D eigenvalue weighted by molar-refractivity contribution is 5.92. The zero-order valence-corrected chi connectivity index (χ0v) is 11.1. The van der Waals surface area contributed by atoms with Crippen molar-refractivity contribution in [1.82, 2.24) is 30.1 Å². The Balaban J connectivity index is 2.42. The molecule has 2 heterocycles. The SMILES string of the molecule is CCNC(=O)Cn1nnc(C(=O)O)c1-c1cnn(C)c1. The molecule has 2 N–H and O–H groups in total. The van der Waals surface area contributed by atoms with Gasteiger partial charge >= 0.3 is 5.97 Å². The molecule has 0 bridgehead atoms. The van der Waals surface area contributed by atoms with E-state index in [0.29, 0.717) is 12.1 Å². The molecule has 2 aromatic heterocycles. The van der Waals surface area contributed by atoms with Gasteiger partial charge in [0.05, 0.1) is 6.20 Å². The van der Waals surface area contributed by atoms with Crippen molar-refractivity contribution < 1.29 is 14.7 Å². The van der Waals surface area contributed by atoms with E-state index in [4.69, 9.17) is 5.11 Å². The van der Waals surface area contributed by atoms with Crippen molar-refractivity contribution in [3.63, 3.8) is 0 Å². The predicted molar refractivity (Wildman–Crippen MR) is 67.9 cm³/mol. The van der Waals surface area contributed by atoms with Gasteiger partial charge in [-0.15, -0.1) is 5.10 Å². The van der Waals surface area contributed by atoms with Gasteiger partial charge < -0.3 is 10.4 Å². The Morgan fingerprint density at radius 1 is 1.45 bits per heavy atom. The largest absolute Gasteiger partial charge is 0.476 e. The lowest BCUT2D eigenvalue weighted by atomic mass is 10.2. The molecule has 0 atom stereocenters. The smallest absolute Gasteiger partial charge is 0.358 e. The van der Waals surface area contributed by atoms with Gasteiger partial charge in [-0.25, -0.2) is 9.48 Å². The van der Waals surface area contributed by atoms with Crippen molar-refractivity contribution in [2.45, 2.75) is 13.5 Å². The number of nitrogens with zero attached hydrogens (tertiary/aromatic N) is 5. The molecule has 9 heteroatoms. The fraction of sp³-hybridized carbons (Fsp3) is 0.364. The van der Waals surface area contributed by atoms with Gasteiger partial charge in [0.2, 0.25) is 5.91 Å². The number of amides is 1. The van der Waals surface area contributed by atoms with Crippen molar-refractivity contribution in [3.8, 4) is 11.3 Å². The van der Waals surface area contributed by atoms with Crippen LogP contribution in [0.2, 0.25) is 0 Å². The summed E-state index contributed by atoms with van der Waals surface area (Å²) in [6.07, 6.45) is 3.14. The summed E-state index contributed by atoms with van der Waals surface area (Å²) in [6.45, 7) is 2.18. The third-order valence-corrected chi connectivity index (χ3v) is 2.58. The van der Waals surface area contributed by atoms with E-state index in [2.05, 4.69) is 20.7 Å². The minimum absolute atomic E-state index is 0.0989. The van der Waals surface area contributed by atoms with Gasteiger partial charge in [0.1, 0.15) is 12.2 Å². The molecule has 0 aliphatic carbocycles. The van der Waals surface area contributed by atoms with E-state index < -0.39 is 5.97 Å². The Kier molecular flexibility index (Phi) is 3.78. The highest BCUT2D eigenvalue weighted by Gasteiger charge is 2.22. The summed E-state index contributed by atoms with van der Waals surface area (Å²) in [5, 5.41) is 23.1. The van der Waals surface area contributed by atoms with Crippen LogP contribution < -0.4 is 5.32 Å². The monoisotopic (exact) mass is 278 g/mol. The molecule has 0 radical (unpaired) electrons. The summed E-state index contributed by atoms with van der Waals surface area (Å²) in [4.78, 5) is 22.8. The van der Waals surface area contributed by atoms with E-state index in [9.17, 15) is 9.59 Å². The van der Waals surface area contributed by atoms with Crippen LogP contribution in [0.5, 0.6) is 0 Å². The van der Waals surface area contributed by atoms with Crippen LogP contribution in [0.3, 0.4) is 0 Å². The molecule has 2 rings (SSSR count). The van der Waals surface area contributed by atoms with Crippen molar-refractivity contribution in [2.24, 2.45) is 7.05 Å². The van der Waals surface area contributed by atoms with Gasteiger partial charge in [-0.3, -0.25) is 9.48 Å². The van der Waals surface area contributed by atoms with Gasteiger partial charge in [-0.2, -0.15) is 5.10 Å². The number of nitrogens with one attached hydrogen (secondary N) is 1. The van der Waals surface area contributed by atoms with Crippen LogP contribution in [-0.4, -0.2) is 48.3 Å². The summed E-state index contributed by atoms with van der Waals surface area (Å²) >= 11 is 0. The Morgan fingerprint density at radius 2 is 2.20 bits per heavy atom. The zero-order valence-electron chi connectivity index (χ0n) is 11.1. The molecule has 0 aliphatic rings. The van der Waals surface area contributed by atoms with E-state index in [1.807, 2.05) is 0 Å². The number of rotatable bonds is 5. The van der Waals surface area contributed by atoms with E-state index in [1.165, 1.54) is 15.6 Å². The standard InChI is InChI=1S/C11H14N6O3/c1-3-12-8(18)6-17-10(7-4-13-16(2)5-7)9(11(19)20)14-15-17/h4-5H,3,6H2,1-2H3,(H,12,18)(H,19,20). The summed E-state index contributed by atoms with van der Waals surface area (Å²) < 4.78 is 2.79. The first-order valence-corrected chi connectivity index (χ1v) is 5.95. The second-order valence-electron chi connectivity index (χ2n) is 4.11. The molecule has 0 spiro atoms. The highest BCUT2D eigenvalue weighted by atomic mass is 16.4. The van der Waals surface area contributed by atoms with Gasteiger partial charge in [-0.05, 0) is 6.92 Å².